The number of allylic oxidation sites excluding steroid dienone is 3. The van der Waals surface area contributed by atoms with Crippen molar-refractivity contribution in [3.05, 3.63) is 36.0 Å². The summed E-state index contributed by atoms with van der Waals surface area (Å²) in [6, 6.07) is 0. The molecule has 2 heteroatoms. The van der Waals surface area contributed by atoms with Gasteiger partial charge in [-0.25, -0.2) is 4.79 Å². The minimum Gasteiger partial charge on any atom is -0.458 e. The molecule has 4 atom stereocenters. The molecule has 1 saturated carbocycles. The summed E-state index contributed by atoms with van der Waals surface area (Å²) < 4.78 is 5.57. The lowest BCUT2D eigenvalue weighted by atomic mass is 9.58. The van der Waals surface area contributed by atoms with Crippen molar-refractivity contribution < 1.29 is 9.53 Å². The molecule has 2 nitrogen and oxygen atoms in total. The van der Waals surface area contributed by atoms with E-state index in [2.05, 4.69) is 38.7 Å². The molecular weight excluding hydrogens is 212 g/mol. The van der Waals surface area contributed by atoms with Crippen LogP contribution in [0.15, 0.2) is 36.0 Å². The summed E-state index contributed by atoms with van der Waals surface area (Å²) >= 11 is 0. The first kappa shape index (κ1) is 10.8. The van der Waals surface area contributed by atoms with Crippen molar-refractivity contribution >= 4 is 5.97 Å². The molecular formula is C15H18O2. The van der Waals surface area contributed by atoms with Gasteiger partial charge in [-0.3, -0.25) is 0 Å². The summed E-state index contributed by atoms with van der Waals surface area (Å²) in [5.74, 6) is 0.372. The van der Waals surface area contributed by atoms with Crippen molar-refractivity contribution in [2.45, 2.75) is 32.8 Å². The third-order valence-corrected chi connectivity index (χ3v) is 4.71. The number of ether oxygens (including phenoxy) is 1. The summed E-state index contributed by atoms with van der Waals surface area (Å²) in [7, 11) is 0. The van der Waals surface area contributed by atoms with E-state index in [1.165, 1.54) is 5.57 Å². The van der Waals surface area contributed by atoms with Crippen molar-refractivity contribution in [3.63, 3.8) is 0 Å². The molecule has 0 radical (unpaired) electrons. The molecule has 0 amide bonds. The maximum absolute atomic E-state index is 11.7. The van der Waals surface area contributed by atoms with E-state index in [0.29, 0.717) is 11.5 Å². The van der Waals surface area contributed by atoms with Gasteiger partial charge in [0.2, 0.25) is 0 Å². The van der Waals surface area contributed by atoms with Crippen LogP contribution in [0.3, 0.4) is 0 Å². The quantitative estimate of drug-likeness (QED) is 0.472. The van der Waals surface area contributed by atoms with Gasteiger partial charge in [0, 0.05) is 17.4 Å². The molecule has 0 unspecified atom stereocenters. The molecule has 17 heavy (non-hydrogen) atoms. The molecule has 0 aromatic heterocycles. The molecule has 2 fully saturated rings. The van der Waals surface area contributed by atoms with Crippen molar-refractivity contribution in [2.75, 3.05) is 0 Å². The third kappa shape index (κ3) is 1.36. The highest BCUT2D eigenvalue weighted by Crippen LogP contribution is 2.54. The van der Waals surface area contributed by atoms with Crippen LogP contribution < -0.4 is 0 Å². The van der Waals surface area contributed by atoms with Gasteiger partial charge < -0.3 is 4.74 Å². The van der Waals surface area contributed by atoms with Crippen molar-refractivity contribution in [3.8, 4) is 0 Å². The van der Waals surface area contributed by atoms with Gasteiger partial charge >= 0.3 is 5.97 Å². The fourth-order valence-electron chi connectivity index (χ4n) is 3.76. The van der Waals surface area contributed by atoms with E-state index in [9.17, 15) is 4.79 Å². The zero-order valence-corrected chi connectivity index (χ0v) is 10.4. The van der Waals surface area contributed by atoms with Gasteiger partial charge in [0.1, 0.15) is 6.10 Å². The Morgan fingerprint density at radius 3 is 3.06 bits per heavy atom. The van der Waals surface area contributed by atoms with Crippen LogP contribution in [0.25, 0.3) is 0 Å². The van der Waals surface area contributed by atoms with Crippen LogP contribution in [0, 0.1) is 17.3 Å². The minimum absolute atomic E-state index is 0.00921. The van der Waals surface area contributed by atoms with Gasteiger partial charge in [-0.05, 0) is 25.2 Å². The molecule has 90 valence electrons. The van der Waals surface area contributed by atoms with E-state index in [-0.39, 0.29) is 23.4 Å². The molecule has 3 rings (SSSR count). The fraction of sp³-hybridized carbons (Fsp3) is 0.533. The molecule has 1 saturated heterocycles. The third-order valence-electron chi connectivity index (χ3n) is 4.71. The Balaban J connectivity index is 2.02. The normalized spacial score (nSPS) is 43.9. The molecule has 0 aromatic carbocycles. The zero-order chi connectivity index (χ0) is 12.2. The number of esters is 1. The second kappa shape index (κ2) is 3.34. The Bertz CT molecular complexity index is 458. The van der Waals surface area contributed by atoms with E-state index in [1.807, 2.05) is 0 Å². The fourth-order valence-corrected chi connectivity index (χ4v) is 3.76. The summed E-state index contributed by atoms with van der Waals surface area (Å²) in [6.07, 6.45) is 8.68. The zero-order valence-electron chi connectivity index (χ0n) is 10.4. The van der Waals surface area contributed by atoms with Crippen molar-refractivity contribution in [1.29, 1.82) is 0 Å². The number of carbonyl (C=O) groups is 1. The molecule has 0 aromatic rings. The van der Waals surface area contributed by atoms with Crippen LogP contribution in [-0.4, -0.2) is 12.1 Å². The van der Waals surface area contributed by atoms with E-state index < -0.39 is 0 Å². The largest absolute Gasteiger partial charge is 0.458 e. The van der Waals surface area contributed by atoms with Gasteiger partial charge in [0.05, 0.1) is 0 Å². The number of hydrogen-bond donors (Lipinski definition) is 0. The molecule has 0 spiro atoms. The molecule has 3 aliphatic rings. The Morgan fingerprint density at radius 1 is 1.53 bits per heavy atom. The Morgan fingerprint density at radius 2 is 2.29 bits per heavy atom. The van der Waals surface area contributed by atoms with Gasteiger partial charge in [-0.15, -0.1) is 0 Å². The number of hydrogen-bond acceptors (Lipinski definition) is 2. The van der Waals surface area contributed by atoms with Crippen LogP contribution in [0.4, 0.5) is 0 Å². The maximum atomic E-state index is 11.7. The second-order valence-electron chi connectivity index (χ2n) is 5.79. The Labute approximate surface area is 102 Å². The average Bonchev–Trinajstić information content (AvgIpc) is 2.54. The monoisotopic (exact) mass is 230 g/mol. The smallest absolute Gasteiger partial charge is 0.334 e. The molecule has 1 heterocycles. The predicted octanol–water partition coefficient (Wildman–Crippen LogP) is 3.02. The predicted molar refractivity (Wildman–Crippen MR) is 66.2 cm³/mol. The molecule has 0 N–H and O–H groups in total. The molecule has 0 bridgehead atoms. The van der Waals surface area contributed by atoms with E-state index in [0.717, 1.165) is 12.8 Å². The maximum Gasteiger partial charge on any atom is 0.334 e. The summed E-state index contributed by atoms with van der Waals surface area (Å²) in [5, 5.41) is 0. The Kier molecular flexibility index (Phi) is 2.13. The van der Waals surface area contributed by atoms with Crippen molar-refractivity contribution in [2.24, 2.45) is 17.3 Å². The topological polar surface area (TPSA) is 26.3 Å². The summed E-state index contributed by atoms with van der Waals surface area (Å²) in [6.45, 7) is 8.31. The standard InChI is InChI=1S/C15H18O2/c1-9-5-4-7-15(3)8-6-11-10(2)14(16)17-13(11)12(9)15/h4-5,7,11-13H,2,6,8H2,1,3H3/t11-,12+,13-,15+/m0/s1. The SMILES string of the molecule is C=C1C(=O)O[C@@H]2[C@H]3C(C)=CC=C[C@]3(C)CC[C@@H]12. The van der Waals surface area contributed by atoms with Gasteiger partial charge in [-0.1, -0.05) is 37.3 Å². The first-order valence-electron chi connectivity index (χ1n) is 6.29. The van der Waals surface area contributed by atoms with Crippen LogP contribution in [0.5, 0.6) is 0 Å². The van der Waals surface area contributed by atoms with Crippen LogP contribution in [0.2, 0.25) is 0 Å². The van der Waals surface area contributed by atoms with E-state index in [1.54, 1.807) is 0 Å². The highest BCUT2D eigenvalue weighted by Gasteiger charge is 2.53. The summed E-state index contributed by atoms with van der Waals surface area (Å²) in [5.41, 5.74) is 2.15. The highest BCUT2D eigenvalue weighted by atomic mass is 16.6. The van der Waals surface area contributed by atoms with Crippen LogP contribution in [-0.2, 0) is 9.53 Å². The Hall–Kier alpha value is -1.31. The average molecular weight is 230 g/mol. The number of fused-ring (bicyclic) bond motifs is 3. The van der Waals surface area contributed by atoms with Gasteiger partial charge in [-0.2, -0.15) is 0 Å². The lowest BCUT2D eigenvalue weighted by Crippen LogP contribution is -2.44. The lowest BCUT2D eigenvalue weighted by molar-refractivity contribution is -0.143. The summed E-state index contributed by atoms with van der Waals surface area (Å²) in [4.78, 5) is 11.7. The first-order valence-corrected chi connectivity index (χ1v) is 6.29. The lowest BCUT2D eigenvalue weighted by Gasteiger charge is -2.46. The number of carbonyl (C=O) groups excluding carboxylic acids is 1. The van der Waals surface area contributed by atoms with Crippen molar-refractivity contribution in [1.82, 2.24) is 0 Å². The van der Waals surface area contributed by atoms with Crippen LogP contribution in [0.1, 0.15) is 26.7 Å². The van der Waals surface area contributed by atoms with Crippen LogP contribution >= 0.6 is 0 Å². The molecule has 1 aliphatic heterocycles. The molecule has 2 aliphatic carbocycles. The van der Waals surface area contributed by atoms with E-state index in [4.69, 9.17) is 4.74 Å². The second-order valence-corrected chi connectivity index (χ2v) is 5.79. The van der Waals surface area contributed by atoms with E-state index >= 15 is 0 Å². The van der Waals surface area contributed by atoms with Gasteiger partial charge in [0.15, 0.2) is 0 Å². The highest BCUT2D eigenvalue weighted by molar-refractivity contribution is 5.91. The minimum atomic E-state index is -0.188. The van der Waals surface area contributed by atoms with Gasteiger partial charge in [0.25, 0.3) is 0 Å². The first-order chi connectivity index (χ1) is 8.03. The number of rotatable bonds is 0.